The van der Waals surface area contributed by atoms with Crippen molar-refractivity contribution in [2.45, 2.75) is 45.1 Å². The maximum Gasteiger partial charge on any atom is 0.211 e. The zero-order chi connectivity index (χ0) is 13.6. The lowest BCUT2D eigenvalue weighted by molar-refractivity contribution is 0.384. The van der Waals surface area contributed by atoms with Gasteiger partial charge in [-0.05, 0) is 25.2 Å². The molecule has 1 aromatic heterocycles. The van der Waals surface area contributed by atoms with E-state index in [4.69, 9.17) is 0 Å². The minimum absolute atomic E-state index is 0.304. The van der Waals surface area contributed by atoms with Crippen LogP contribution in [0.1, 0.15) is 38.5 Å². The van der Waals surface area contributed by atoms with Gasteiger partial charge in [-0.25, -0.2) is 18.1 Å². The highest BCUT2D eigenvalue weighted by atomic mass is 32.2. The molecule has 1 fully saturated rings. The van der Waals surface area contributed by atoms with E-state index in [0.29, 0.717) is 18.2 Å². The normalized spacial score (nSPS) is 17.7. The second-order valence-electron chi connectivity index (χ2n) is 5.33. The Morgan fingerprint density at radius 1 is 1.26 bits per heavy atom. The molecule has 5 nitrogen and oxygen atoms in total. The first-order valence-corrected chi connectivity index (χ1v) is 8.74. The molecule has 6 heteroatoms. The Morgan fingerprint density at radius 2 is 2.05 bits per heavy atom. The lowest BCUT2D eigenvalue weighted by Crippen LogP contribution is -2.31. The van der Waals surface area contributed by atoms with Crippen LogP contribution in [-0.4, -0.2) is 30.3 Å². The molecular formula is C13H23N3O2S. The number of hydrogen-bond acceptors (Lipinski definition) is 3. The second-order valence-corrected chi connectivity index (χ2v) is 7.19. The van der Waals surface area contributed by atoms with Crippen molar-refractivity contribution >= 4 is 10.0 Å². The van der Waals surface area contributed by atoms with Crippen LogP contribution in [0.4, 0.5) is 0 Å². The maximum atomic E-state index is 11.9. The standard InChI is InChI=1S/C13H23N3O2S/c17-19(18,11-13-5-2-1-3-6-13)15-7-4-9-16-10-8-14-12-16/h8,10,12-13,15H,1-7,9,11H2. The second kappa shape index (κ2) is 7.05. The largest absolute Gasteiger partial charge is 0.337 e. The topological polar surface area (TPSA) is 64.0 Å². The highest BCUT2D eigenvalue weighted by Crippen LogP contribution is 2.24. The van der Waals surface area contributed by atoms with E-state index in [2.05, 4.69) is 9.71 Å². The fourth-order valence-corrected chi connectivity index (χ4v) is 4.16. The number of hydrogen-bond donors (Lipinski definition) is 1. The monoisotopic (exact) mass is 285 g/mol. The Kier molecular flexibility index (Phi) is 5.39. The van der Waals surface area contributed by atoms with Crippen molar-refractivity contribution in [3.63, 3.8) is 0 Å². The molecule has 0 radical (unpaired) electrons. The summed E-state index contributed by atoms with van der Waals surface area (Å²) in [6, 6.07) is 0. The minimum atomic E-state index is -3.10. The van der Waals surface area contributed by atoms with Gasteiger partial charge in [0.05, 0.1) is 12.1 Å². The van der Waals surface area contributed by atoms with Crippen LogP contribution in [0.2, 0.25) is 0 Å². The zero-order valence-corrected chi connectivity index (χ0v) is 12.1. The molecule has 0 saturated heterocycles. The molecule has 19 heavy (non-hydrogen) atoms. The quantitative estimate of drug-likeness (QED) is 0.777. The van der Waals surface area contributed by atoms with Crippen LogP contribution in [0, 0.1) is 5.92 Å². The SMILES string of the molecule is O=S(=O)(CC1CCCCC1)NCCCn1ccnc1. The van der Waals surface area contributed by atoms with Crippen LogP contribution in [0.5, 0.6) is 0 Å². The van der Waals surface area contributed by atoms with Gasteiger partial charge >= 0.3 is 0 Å². The molecule has 0 amide bonds. The Labute approximate surface area is 115 Å². The molecule has 0 spiro atoms. The summed E-state index contributed by atoms with van der Waals surface area (Å²) in [5, 5.41) is 0. The van der Waals surface area contributed by atoms with E-state index >= 15 is 0 Å². The van der Waals surface area contributed by atoms with Crippen LogP contribution in [0.15, 0.2) is 18.7 Å². The van der Waals surface area contributed by atoms with Gasteiger partial charge in [-0.2, -0.15) is 0 Å². The van der Waals surface area contributed by atoms with Crippen molar-refractivity contribution in [2.75, 3.05) is 12.3 Å². The van der Waals surface area contributed by atoms with Crippen LogP contribution in [-0.2, 0) is 16.6 Å². The van der Waals surface area contributed by atoms with E-state index in [1.165, 1.54) is 19.3 Å². The summed E-state index contributed by atoms with van der Waals surface area (Å²) in [6.45, 7) is 1.30. The van der Waals surface area contributed by atoms with Gasteiger partial charge in [-0.1, -0.05) is 19.3 Å². The van der Waals surface area contributed by atoms with Crippen LogP contribution >= 0.6 is 0 Å². The molecule has 2 rings (SSSR count). The molecule has 1 saturated carbocycles. The molecule has 0 atom stereocenters. The Bertz CT molecular complexity index is 450. The Balaban J connectivity index is 1.65. The summed E-state index contributed by atoms with van der Waals surface area (Å²) < 4.78 is 28.5. The molecule has 0 aromatic carbocycles. The maximum absolute atomic E-state index is 11.9. The molecule has 1 heterocycles. The van der Waals surface area contributed by atoms with Gasteiger partial charge in [-0.3, -0.25) is 0 Å². The van der Waals surface area contributed by atoms with Gasteiger partial charge in [0.1, 0.15) is 0 Å². The first kappa shape index (κ1) is 14.5. The van der Waals surface area contributed by atoms with Crippen molar-refractivity contribution in [3.8, 4) is 0 Å². The van der Waals surface area contributed by atoms with Crippen LogP contribution in [0.25, 0.3) is 0 Å². The van der Waals surface area contributed by atoms with E-state index in [-0.39, 0.29) is 0 Å². The predicted octanol–water partition coefficient (Wildman–Crippen LogP) is 1.77. The molecule has 1 aliphatic rings. The Hall–Kier alpha value is -0.880. The van der Waals surface area contributed by atoms with E-state index in [0.717, 1.165) is 25.8 Å². The first-order chi connectivity index (χ1) is 9.16. The third kappa shape index (κ3) is 5.32. The number of rotatable bonds is 7. The molecule has 0 unspecified atom stereocenters. The molecule has 0 aliphatic heterocycles. The van der Waals surface area contributed by atoms with Crippen LogP contribution < -0.4 is 4.72 Å². The lowest BCUT2D eigenvalue weighted by atomic mass is 9.91. The fourth-order valence-electron chi connectivity index (χ4n) is 2.63. The van der Waals surface area contributed by atoms with Crippen molar-refractivity contribution in [1.82, 2.24) is 14.3 Å². The number of aryl methyl sites for hydroxylation is 1. The fraction of sp³-hybridized carbons (Fsp3) is 0.769. The van der Waals surface area contributed by atoms with Crippen LogP contribution in [0.3, 0.4) is 0 Å². The van der Waals surface area contributed by atoms with Gasteiger partial charge in [0.15, 0.2) is 0 Å². The van der Waals surface area contributed by atoms with E-state index in [1.54, 1.807) is 12.5 Å². The average molecular weight is 285 g/mol. The van der Waals surface area contributed by atoms with Gasteiger partial charge in [0.2, 0.25) is 10.0 Å². The third-order valence-corrected chi connectivity index (χ3v) is 5.21. The molecule has 1 aromatic rings. The van der Waals surface area contributed by atoms with Gasteiger partial charge in [0, 0.05) is 25.5 Å². The van der Waals surface area contributed by atoms with Gasteiger partial charge < -0.3 is 4.57 Å². The highest BCUT2D eigenvalue weighted by Gasteiger charge is 2.20. The minimum Gasteiger partial charge on any atom is -0.337 e. The van der Waals surface area contributed by atoms with Crippen molar-refractivity contribution in [3.05, 3.63) is 18.7 Å². The highest BCUT2D eigenvalue weighted by molar-refractivity contribution is 7.89. The third-order valence-electron chi connectivity index (χ3n) is 3.65. The number of sulfonamides is 1. The summed E-state index contributed by atoms with van der Waals surface area (Å²) in [7, 11) is -3.10. The molecule has 1 N–H and O–H groups in total. The summed E-state index contributed by atoms with van der Waals surface area (Å²) >= 11 is 0. The number of imidazole rings is 1. The zero-order valence-electron chi connectivity index (χ0n) is 11.3. The Morgan fingerprint density at radius 3 is 2.74 bits per heavy atom. The van der Waals surface area contributed by atoms with E-state index in [9.17, 15) is 8.42 Å². The van der Waals surface area contributed by atoms with Crippen molar-refractivity contribution in [2.24, 2.45) is 5.92 Å². The first-order valence-electron chi connectivity index (χ1n) is 7.09. The summed E-state index contributed by atoms with van der Waals surface area (Å²) in [5.74, 6) is 0.665. The summed E-state index contributed by atoms with van der Waals surface area (Å²) in [4.78, 5) is 3.95. The molecule has 108 valence electrons. The van der Waals surface area contributed by atoms with Crippen molar-refractivity contribution in [1.29, 1.82) is 0 Å². The lowest BCUT2D eigenvalue weighted by Gasteiger charge is -2.21. The number of aromatic nitrogens is 2. The van der Waals surface area contributed by atoms with Crippen molar-refractivity contribution < 1.29 is 8.42 Å². The predicted molar refractivity (Wildman–Crippen MR) is 75.2 cm³/mol. The summed E-state index contributed by atoms with van der Waals surface area (Å²) in [6.07, 6.45) is 11.9. The molecule has 1 aliphatic carbocycles. The van der Waals surface area contributed by atoms with E-state index < -0.39 is 10.0 Å². The number of nitrogens with zero attached hydrogens (tertiary/aromatic N) is 2. The smallest absolute Gasteiger partial charge is 0.211 e. The molecular weight excluding hydrogens is 262 g/mol. The van der Waals surface area contributed by atoms with Gasteiger partial charge in [-0.15, -0.1) is 0 Å². The summed E-state index contributed by atoms with van der Waals surface area (Å²) in [5.41, 5.74) is 0. The average Bonchev–Trinajstić information content (AvgIpc) is 2.88. The van der Waals surface area contributed by atoms with Gasteiger partial charge in [0.25, 0.3) is 0 Å². The van der Waals surface area contributed by atoms with E-state index in [1.807, 2.05) is 10.8 Å². The molecule has 0 bridgehead atoms. The number of nitrogens with one attached hydrogen (secondary N) is 1.